The van der Waals surface area contributed by atoms with E-state index in [2.05, 4.69) is 4.98 Å². The van der Waals surface area contributed by atoms with Crippen molar-refractivity contribution < 1.29 is 23.5 Å². The molecule has 0 aliphatic carbocycles. The van der Waals surface area contributed by atoms with Crippen molar-refractivity contribution >= 4 is 23.5 Å². The predicted molar refractivity (Wildman–Crippen MR) is 86.5 cm³/mol. The Morgan fingerprint density at radius 1 is 1.44 bits per heavy atom. The van der Waals surface area contributed by atoms with Gasteiger partial charge in [0.25, 0.3) is 5.56 Å². The van der Waals surface area contributed by atoms with Crippen LogP contribution in [-0.2, 0) is 9.53 Å². The Labute approximate surface area is 146 Å². The molecule has 0 saturated heterocycles. The fraction of sp³-hybridized carbons (Fsp3) is 0.235. The number of esters is 2. The topological polar surface area (TPSA) is 85.5 Å². The number of fused-ring (bicyclic) bond motifs is 1. The lowest BCUT2D eigenvalue weighted by Crippen LogP contribution is -2.30. The Morgan fingerprint density at radius 3 is 2.88 bits per heavy atom. The smallest absolute Gasteiger partial charge is 0.343 e. The Kier molecular flexibility index (Phi) is 4.59. The molecule has 1 aromatic heterocycles. The van der Waals surface area contributed by atoms with E-state index in [1.54, 1.807) is 6.92 Å². The molecule has 0 saturated carbocycles. The highest BCUT2D eigenvalue weighted by atomic mass is 35.5. The fourth-order valence-corrected chi connectivity index (χ4v) is 3.09. The van der Waals surface area contributed by atoms with Crippen LogP contribution >= 0.6 is 11.6 Å². The van der Waals surface area contributed by atoms with Gasteiger partial charge in [0.2, 0.25) is 0 Å². The van der Waals surface area contributed by atoms with Crippen molar-refractivity contribution in [3.05, 3.63) is 62.3 Å². The molecule has 130 valence electrons. The predicted octanol–water partition coefficient (Wildman–Crippen LogP) is 2.79. The highest BCUT2D eigenvalue weighted by molar-refractivity contribution is 6.31. The van der Waals surface area contributed by atoms with Crippen LogP contribution in [0, 0.1) is 5.82 Å². The molecule has 0 amide bonds. The zero-order valence-corrected chi connectivity index (χ0v) is 13.9. The monoisotopic (exact) mass is 365 g/mol. The summed E-state index contributed by atoms with van der Waals surface area (Å²) in [7, 11) is 0. The number of aromatic nitrogens is 1. The van der Waals surface area contributed by atoms with Crippen LogP contribution in [0.1, 0.15) is 40.7 Å². The minimum atomic E-state index is -0.762. The van der Waals surface area contributed by atoms with Crippen molar-refractivity contribution in [2.75, 3.05) is 6.61 Å². The normalized spacial score (nSPS) is 16.1. The summed E-state index contributed by atoms with van der Waals surface area (Å²) in [4.78, 5) is 38.9. The van der Waals surface area contributed by atoms with Crippen LogP contribution in [0.2, 0.25) is 5.02 Å². The number of aromatic amines is 1. The number of H-pyrrole nitrogens is 1. The molecule has 0 fully saturated rings. The van der Waals surface area contributed by atoms with Gasteiger partial charge in [-0.15, -0.1) is 0 Å². The van der Waals surface area contributed by atoms with Crippen LogP contribution in [0.25, 0.3) is 0 Å². The van der Waals surface area contributed by atoms with E-state index in [1.165, 1.54) is 12.1 Å². The number of benzene rings is 1. The molecule has 1 atom stereocenters. The Hall–Kier alpha value is -2.67. The van der Waals surface area contributed by atoms with E-state index in [9.17, 15) is 18.8 Å². The second kappa shape index (κ2) is 6.68. The summed E-state index contributed by atoms with van der Waals surface area (Å²) in [6, 6.07) is 3.69. The standard InChI is InChI=1S/C17H13ClFNO5/c1-2-24-17(23)11-7-20-16(22)14-10(6-13(21)25-15(11)14)9-4-3-8(19)5-12(9)18/h3-5,7,10H,2,6H2,1H3,(H,20,22). The van der Waals surface area contributed by atoms with Crippen molar-refractivity contribution in [1.29, 1.82) is 0 Å². The second-order valence-electron chi connectivity index (χ2n) is 5.39. The van der Waals surface area contributed by atoms with Gasteiger partial charge in [-0.2, -0.15) is 0 Å². The average Bonchev–Trinajstić information content (AvgIpc) is 2.54. The first-order chi connectivity index (χ1) is 11.9. The van der Waals surface area contributed by atoms with Gasteiger partial charge in [0.05, 0.1) is 18.6 Å². The molecular formula is C17H13ClFNO5. The first kappa shape index (κ1) is 17.2. The number of nitrogens with one attached hydrogen (secondary N) is 1. The molecule has 1 unspecified atom stereocenters. The second-order valence-corrected chi connectivity index (χ2v) is 5.80. The Morgan fingerprint density at radius 2 is 2.20 bits per heavy atom. The summed E-state index contributed by atoms with van der Waals surface area (Å²) in [6.45, 7) is 1.75. The number of rotatable bonds is 3. The third kappa shape index (κ3) is 3.15. The first-order valence-electron chi connectivity index (χ1n) is 7.50. The van der Waals surface area contributed by atoms with E-state index in [-0.39, 0.29) is 34.9 Å². The number of hydrogen-bond donors (Lipinski definition) is 1. The summed E-state index contributed by atoms with van der Waals surface area (Å²) in [6.07, 6.45) is 0.981. The fourth-order valence-electron chi connectivity index (χ4n) is 2.79. The maximum absolute atomic E-state index is 13.3. The summed E-state index contributed by atoms with van der Waals surface area (Å²) < 4.78 is 23.4. The summed E-state index contributed by atoms with van der Waals surface area (Å²) in [5.74, 6) is -2.81. The lowest BCUT2D eigenvalue weighted by atomic mass is 9.86. The van der Waals surface area contributed by atoms with E-state index >= 15 is 0 Å². The SMILES string of the molecule is CCOC(=O)c1c[nH]c(=O)c2c1OC(=O)CC2c1ccc(F)cc1Cl. The van der Waals surface area contributed by atoms with Gasteiger partial charge in [-0.25, -0.2) is 9.18 Å². The van der Waals surface area contributed by atoms with Crippen LogP contribution in [0.4, 0.5) is 4.39 Å². The van der Waals surface area contributed by atoms with Gasteiger partial charge in [-0.1, -0.05) is 17.7 Å². The molecule has 0 spiro atoms. The quantitative estimate of drug-likeness (QED) is 0.845. The van der Waals surface area contributed by atoms with Gasteiger partial charge in [0.15, 0.2) is 5.75 Å². The zero-order valence-electron chi connectivity index (χ0n) is 13.1. The van der Waals surface area contributed by atoms with Gasteiger partial charge < -0.3 is 14.5 Å². The minimum Gasteiger partial charge on any atom is -0.462 e. The molecule has 2 heterocycles. The molecule has 1 aliphatic rings. The van der Waals surface area contributed by atoms with E-state index < -0.39 is 29.2 Å². The van der Waals surface area contributed by atoms with Crippen molar-refractivity contribution in [1.82, 2.24) is 4.98 Å². The molecule has 8 heteroatoms. The highest BCUT2D eigenvalue weighted by Gasteiger charge is 2.35. The number of pyridine rings is 1. The number of carbonyl (C=O) groups is 2. The first-order valence-corrected chi connectivity index (χ1v) is 7.88. The molecule has 3 rings (SSSR count). The van der Waals surface area contributed by atoms with Crippen molar-refractivity contribution in [2.45, 2.75) is 19.3 Å². The Bertz CT molecular complexity index is 924. The van der Waals surface area contributed by atoms with Gasteiger partial charge in [-0.3, -0.25) is 9.59 Å². The molecule has 25 heavy (non-hydrogen) atoms. The molecule has 1 N–H and O–H groups in total. The average molecular weight is 366 g/mol. The van der Waals surface area contributed by atoms with Gasteiger partial charge in [0, 0.05) is 17.1 Å². The van der Waals surface area contributed by atoms with E-state index in [4.69, 9.17) is 21.1 Å². The minimum absolute atomic E-state index is 0.0623. The molecule has 2 aromatic rings. The third-order valence-corrected chi connectivity index (χ3v) is 4.18. The van der Waals surface area contributed by atoms with Gasteiger partial charge in [-0.05, 0) is 24.6 Å². The number of halogens is 2. The molecule has 1 aromatic carbocycles. The third-order valence-electron chi connectivity index (χ3n) is 3.85. The van der Waals surface area contributed by atoms with Crippen molar-refractivity contribution in [3.8, 4) is 5.75 Å². The van der Waals surface area contributed by atoms with E-state index in [0.717, 1.165) is 12.3 Å². The lowest BCUT2D eigenvalue weighted by molar-refractivity contribution is -0.135. The summed E-state index contributed by atoms with van der Waals surface area (Å²) in [5.41, 5.74) is -0.111. The van der Waals surface area contributed by atoms with Crippen LogP contribution in [0.15, 0.2) is 29.2 Å². The number of carbonyl (C=O) groups excluding carboxylic acids is 2. The van der Waals surface area contributed by atoms with Gasteiger partial charge >= 0.3 is 11.9 Å². The van der Waals surface area contributed by atoms with E-state index in [1.807, 2.05) is 0 Å². The summed E-state index contributed by atoms with van der Waals surface area (Å²) in [5, 5.41) is 0.0755. The Balaban J connectivity index is 2.21. The highest BCUT2D eigenvalue weighted by Crippen LogP contribution is 2.40. The number of hydrogen-bond acceptors (Lipinski definition) is 5. The molecule has 0 radical (unpaired) electrons. The maximum Gasteiger partial charge on any atom is 0.343 e. The van der Waals surface area contributed by atoms with Gasteiger partial charge in [0.1, 0.15) is 11.4 Å². The van der Waals surface area contributed by atoms with Crippen LogP contribution in [0.3, 0.4) is 0 Å². The summed E-state index contributed by atoms with van der Waals surface area (Å²) >= 11 is 6.09. The molecule has 6 nitrogen and oxygen atoms in total. The maximum atomic E-state index is 13.3. The van der Waals surface area contributed by atoms with Crippen LogP contribution in [0.5, 0.6) is 5.75 Å². The van der Waals surface area contributed by atoms with Crippen LogP contribution < -0.4 is 10.3 Å². The molecule has 0 bridgehead atoms. The van der Waals surface area contributed by atoms with Crippen LogP contribution in [-0.4, -0.2) is 23.5 Å². The van der Waals surface area contributed by atoms with E-state index in [0.29, 0.717) is 5.56 Å². The zero-order chi connectivity index (χ0) is 18.1. The largest absolute Gasteiger partial charge is 0.462 e. The lowest BCUT2D eigenvalue weighted by Gasteiger charge is -2.25. The van der Waals surface area contributed by atoms with Crippen molar-refractivity contribution in [2.24, 2.45) is 0 Å². The number of ether oxygens (including phenoxy) is 2. The molecule has 1 aliphatic heterocycles. The molecular weight excluding hydrogens is 353 g/mol. The van der Waals surface area contributed by atoms with Crippen molar-refractivity contribution in [3.63, 3.8) is 0 Å².